The zero-order chi connectivity index (χ0) is 12.5. The minimum Gasteiger partial charge on any atom is -0.371 e. The summed E-state index contributed by atoms with van der Waals surface area (Å²) < 4.78 is 48.1. The lowest BCUT2D eigenvalue weighted by molar-refractivity contribution is -0.224. The molecule has 0 saturated carbocycles. The normalized spacial score (nSPS) is 21.3. The van der Waals surface area contributed by atoms with E-state index in [2.05, 4.69) is 0 Å². The van der Waals surface area contributed by atoms with E-state index in [1.165, 1.54) is 24.3 Å². The van der Waals surface area contributed by atoms with Crippen LogP contribution in [0.1, 0.15) is 11.7 Å². The van der Waals surface area contributed by atoms with Gasteiger partial charge < -0.3 is 9.47 Å². The highest BCUT2D eigenvalue weighted by atomic mass is 35.5. The molecule has 2 nitrogen and oxygen atoms in total. The molecule has 1 aliphatic rings. The average Bonchev–Trinajstić information content (AvgIpc) is 3.00. The van der Waals surface area contributed by atoms with E-state index in [-0.39, 0.29) is 23.3 Å². The predicted octanol–water partition coefficient (Wildman–Crippen LogP) is 3.36. The van der Waals surface area contributed by atoms with Gasteiger partial charge in [-0.2, -0.15) is 13.2 Å². The van der Waals surface area contributed by atoms with Gasteiger partial charge in [-0.25, -0.2) is 0 Å². The summed E-state index contributed by atoms with van der Waals surface area (Å²) in [6.45, 7) is 0.400. The molecule has 1 saturated heterocycles. The van der Waals surface area contributed by atoms with Crippen molar-refractivity contribution in [2.75, 3.05) is 13.2 Å². The van der Waals surface area contributed by atoms with E-state index >= 15 is 0 Å². The second-order valence-corrected chi connectivity index (χ2v) is 4.20. The molecule has 0 bridgehead atoms. The van der Waals surface area contributed by atoms with Crippen LogP contribution in [0.2, 0.25) is 5.02 Å². The van der Waals surface area contributed by atoms with Crippen molar-refractivity contribution >= 4 is 11.6 Å². The molecule has 0 spiro atoms. The first-order chi connectivity index (χ1) is 7.97. The Labute approximate surface area is 101 Å². The number of hydrogen-bond acceptors (Lipinski definition) is 2. The predicted molar refractivity (Wildman–Crippen MR) is 55.9 cm³/mol. The van der Waals surface area contributed by atoms with Gasteiger partial charge in [0.2, 0.25) is 0 Å². The second kappa shape index (κ2) is 4.84. The van der Waals surface area contributed by atoms with Crippen LogP contribution in [0.5, 0.6) is 0 Å². The number of halogens is 4. The van der Waals surface area contributed by atoms with E-state index in [0.29, 0.717) is 6.61 Å². The SMILES string of the molecule is FC(F)(F)[C@H](OC[C@H]1CO1)c1cccc(Cl)c1. The van der Waals surface area contributed by atoms with E-state index in [0.717, 1.165) is 0 Å². The molecule has 1 fully saturated rings. The van der Waals surface area contributed by atoms with Gasteiger partial charge >= 0.3 is 6.18 Å². The van der Waals surface area contributed by atoms with Gasteiger partial charge in [0.05, 0.1) is 13.2 Å². The zero-order valence-electron chi connectivity index (χ0n) is 8.71. The number of rotatable bonds is 4. The summed E-state index contributed by atoms with van der Waals surface area (Å²) in [5, 5.41) is 0.253. The highest BCUT2D eigenvalue weighted by Crippen LogP contribution is 2.37. The fourth-order valence-corrected chi connectivity index (χ4v) is 1.62. The van der Waals surface area contributed by atoms with Gasteiger partial charge in [-0.3, -0.25) is 0 Å². The molecular formula is C11H10ClF3O2. The Kier molecular flexibility index (Phi) is 3.61. The monoisotopic (exact) mass is 266 g/mol. The number of ether oxygens (including phenoxy) is 2. The van der Waals surface area contributed by atoms with Crippen LogP contribution in [0.15, 0.2) is 24.3 Å². The third-order valence-electron chi connectivity index (χ3n) is 2.30. The maximum atomic E-state index is 12.8. The van der Waals surface area contributed by atoms with Crippen molar-refractivity contribution in [2.24, 2.45) is 0 Å². The first kappa shape index (κ1) is 12.7. The summed E-state index contributed by atoms with van der Waals surface area (Å²) in [4.78, 5) is 0. The summed E-state index contributed by atoms with van der Waals surface area (Å²) >= 11 is 5.67. The van der Waals surface area contributed by atoms with E-state index in [9.17, 15) is 13.2 Å². The van der Waals surface area contributed by atoms with Gasteiger partial charge in [-0.15, -0.1) is 0 Å². The van der Waals surface area contributed by atoms with Crippen LogP contribution in [0, 0.1) is 0 Å². The molecule has 0 N–H and O–H groups in total. The summed E-state index contributed by atoms with van der Waals surface area (Å²) in [7, 11) is 0. The molecule has 2 rings (SSSR count). The van der Waals surface area contributed by atoms with Gasteiger partial charge in [0.15, 0.2) is 6.10 Å². The molecule has 1 aromatic rings. The molecule has 0 radical (unpaired) electrons. The number of benzene rings is 1. The van der Waals surface area contributed by atoms with Crippen molar-refractivity contribution in [2.45, 2.75) is 18.4 Å². The minimum atomic E-state index is -4.46. The molecule has 1 aromatic carbocycles. The quantitative estimate of drug-likeness (QED) is 0.780. The van der Waals surface area contributed by atoms with Gasteiger partial charge in [0.1, 0.15) is 6.10 Å². The van der Waals surface area contributed by atoms with Crippen LogP contribution in [0.25, 0.3) is 0 Å². The Morgan fingerprint density at radius 1 is 1.47 bits per heavy atom. The molecule has 6 heteroatoms. The highest BCUT2D eigenvalue weighted by molar-refractivity contribution is 6.30. The molecule has 1 aliphatic heterocycles. The third-order valence-corrected chi connectivity index (χ3v) is 2.53. The summed E-state index contributed by atoms with van der Waals surface area (Å²) in [6.07, 6.45) is -6.62. The van der Waals surface area contributed by atoms with Crippen molar-refractivity contribution < 1.29 is 22.6 Å². The first-order valence-corrected chi connectivity index (χ1v) is 5.40. The largest absolute Gasteiger partial charge is 0.418 e. The lowest BCUT2D eigenvalue weighted by Crippen LogP contribution is -2.25. The number of hydrogen-bond donors (Lipinski definition) is 0. The van der Waals surface area contributed by atoms with E-state index in [4.69, 9.17) is 21.1 Å². The van der Waals surface area contributed by atoms with Gasteiger partial charge in [0.25, 0.3) is 0 Å². The molecular weight excluding hydrogens is 257 g/mol. The van der Waals surface area contributed by atoms with Crippen LogP contribution in [-0.4, -0.2) is 25.5 Å². The molecule has 0 aromatic heterocycles. The molecule has 0 unspecified atom stereocenters. The average molecular weight is 267 g/mol. The van der Waals surface area contributed by atoms with Crippen LogP contribution >= 0.6 is 11.6 Å². The summed E-state index contributed by atoms with van der Waals surface area (Å²) in [6, 6.07) is 5.58. The number of epoxide rings is 1. The Morgan fingerprint density at radius 2 is 2.18 bits per heavy atom. The van der Waals surface area contributed by atoms with E-state index in [1.54, 1.807) is 0 Å². The van der Waals surface area contributed by atoms with Crippen molar-refractivity contribution in [3.8, 4) is 0 Å². The maximum Gasteiger partial charge on any atom is 0.418 e. The lowest BCUT2D eigenvalue weighted by Gasteiger charge is -2.21. The van der Waals surface area contributed by atoms with Crippen LogP contribution in [0.3, 0.4) is 0 Å². The molecule has 17 heavy (non-hydrogen) atoms. The van der Waals surface area contributed by atoms with Crippen molar-refractivity contribution in [3.63, 3.8) is 0 Å². The Bertz CT molecular complexity index is 391. The lowest BCUT2D eigenvalue weighted by atomic mass is 10.1. The van der Waals surface area contributed by atoms with E-state index < -0.39 is 12.3 Å². The smallest absolute Gasteiger partial charge is 0.371 e. The van der Waals surface area contributed by atoms with Crippen LogP contribution in [-0.2, 0) is 9.47 Å². The molecule has 1 heterocycles. The summed E-state index contributed by atoms with van der Waals surface area (Å²) in [5.41, 5.74) is 0.00523. The Hall–Kier alpha value is -0.780. The Balaban J connectivity index is 2.13. The van der Waals surface area contributed by atoms with Crippen LogP contribution < -0.4 is 0 Å². The second-order valence-electron chi connectivity index (χ2n) is 3.77. The maximum absolute atomic E-state index is 12.8. The highest BCUT2D eigenvalue weighted by Gasteiger charge is 2.43. The van der Waals surface area contributed by atoms with Gasteiger partial charge in [-0.1, -0.05) is 23.7 Å². The third kappa shape index (κ3) is 3.59. The van der Waals surface area contributed by atoms with Crippen LogP contribution in [0.4, 0.5) is 13.2 Å². The molecule has 94 valence electrons. The molecule has 0 aliphatic carbocycles. The van der Waals surface area contributed by atoms with Crippen molar-refractivity contribution in [3.05, 3.63) is 34.9 Å². The number of alkyl halides is 3. The fourth-order valence-electron chi connectivity index (χ4n) is 1.42. The summed E-state index contributed by atoms with van der Waals surface area (Å²) in [5.74, 6) is 0. The Morgan fingerprint density at radius 3 is 2.71 bits per heavy atom. The van der Waals surface area contributed by atoms with E-state index in [1.807, 2.05) is 0 Å². The standard InChI is InChI=1S/C11H10ClF3O2/c12-8-3-1-2-7(4-8)10(11(13,14)15)17-6-9-5-16-9/h1-4,9-10H,5-6H2/t9-,10-/m1/s1. The van der Waals surface area contributed by atoms with Gasteiger partial charge in [0, 0.05) is 5.02 Å². The zero-order valence-corrected chi connectivity index (χ0v) is 9.46. The molecule has 0 amide bonds. The minimum absolute atomic E-state index is 0.00523. The first-order valence-electron chi connectivity index (χ1n) is 5.02. The fraction of sp³-hybridized carbons (Fsp3) is 0.455. The van der Waals surface area contributed by atoms with Crippen molar-refractivity contribution in [1.82, 2.24) is 0 Å². The molecule has 2 atom stereocenters. The van der Waals surface area contributed by atoms with Gasteiger partial charge in [-0.05, 0) is 17.7 Å². The van der Waals surface area contributed by atoms with Crippen molar-refractivity contribution in [1.29, 1.82) is 0 Å². The topological polar surface area (TPSA) is 21.8 Å².